The molecule has 2 aliphatic rings. The Morgan fingerprint density at radius 1 is 1.38 bits per heavy atom. The maximum absolute atomic E-state index is 6.23. The maximum atomic E-state index is 6.23. The quantitative estimate of drug-likeness (QED) is 0.691. The molecule has 2 fully saturated rings. The van der Waals surface area contributed by atoms with Gasteiger partial charge >= 0.3 is 0 Å². The van der Waals surface area contributed by atoms with Gasteiger partial charge in [0.25, 0.3) is 0 Å². The fraction of sp³-hybridized carbons (Fsp3) is 1.00. The summed E-state index contributed by atoms with van der Waals surface area (Å²) in [6.45, 7) is 2.25. The molecule has 0 radical (unpaired) electrons. The topological polar surface area (TPSA) is 9.23 Å². The van der Waals surface area contributed by atoms with Gasteiger partial charge in [-0.2, -0.15) is 0 Å². The van der Waals surface area contributed by atoms with Crippen LogP contribution >= 0.6 is 15.9 Å². The number of rotatable bonds is 4. The molecular formula is C11H19BrO. The molecular weight excluding hydrogens is 228 g/mol. The molecule has 13 heavy (non-hydrogen) atoms. The Bertz CT molecular complexity index is 171. The maximum Gasteiger partial charge on any atom is 0.0782 e. The van der Waals surface area contributed by atoms with E-state index in [9.17, 15) is 0 Å². The van der Waals surface area contributed by atoms with Crippen molar-refractivity contribution >= 4 is 15.9 Å². The molecule has 0 aromatic rings. The van der Waals surface area contributed by atoms with E-state index in [0.29, 0.717) is 6.10 Å². The molecule has 2 heteroatoms. The predicted molar refractivity (Wildman–Crippen MR) is 58.3 cm³/mol. The summed E-state index contributed by atoms with van der Waals surface area (Å²) < 4.78 is 6.23. The largest absolute Gasteiger partial charge is 0.371 e. The number of alkyl halides is 1. The van der Waals surface area contributed by atoms with Crippen LogP contribution in [0.4, 0.5) is 0 Å². The Morgan fingerprint density at radius 2 is 2.00 bits per heavy atom. The highest BCUT2D eigenvalue weighted by atomic mass is 79.9. The van der Waals surface area contributed by atoms with Crippen molar-refractivity contribution in [3.8, 4) is 0 Å². The van der Waals surface area contributed by atoms with E-state index >= 15 is 0 Å². The zero-order valence-corrected chi connectivity index (χ0v) is 9.98. The second-order valence-electron chi connectivity index (χ2n) is 4.68. The zero-order valence-electron chi connectivity index (χ0n) is 8.39. The minimum atomic E-state index is 0.196. The van der Waals surface area contributed by atoms with Crippen molar-refractivity contribution in [2.75, 3.05) is 5.33 Å². The normalized spacial score (nSPS) is 29.1. The summed E-state index contributed by atoms with van der Waals surface area (Å²) in [6, 6.07) is 0. The lowest BCUT2D eigenvalue weighted by atomic mass is 10.0. The summed E-state index contributed by atoms with van der Waals surface area (Å²) >= 11 is 3.61. The Balaban J connectivity index is 1.88. The van der Waals surface area contributed by atoms with E-state index < -0.39 is 0 Å². The van der Waals surface area contributed by atoms with Crippen LogP contribution in [0.15, 0.2) is 0 Å². The predicted octanol–water partition coefficient (Wildman–Crippen LogP) is 3.51. The van der Waals surface area contributed by atoms with E-state index in [1.54, 1.807) is 0 Å². The smallest absolute Gasteiger partial charge is 0.0782 e. The van der Waals surface area contributed by atoms with Gasteiger partial charge in [0.1, 0.15) is 0 Å². The van der Waals surface area contributed by atoms with Crippen LogP contribution < -0.4 is 0 Å². The van der Waals surface area contributed by atoms with Crippen LogP contribution in [0, 0.1) is 5.92 Å². The lowest BCUT2D eigenvalue weighted by Crippen LogP contribution is -2.35. The van der Waals surface area contributed by atoms with E-state index in [0.717, 1.165) is 11.2 Å². The molecule has 1 nitrogen and oxygen atoms in total. The van der Waals surface area contributed by atoms with Gasteiger partial charge in [-0.3, -0.25) is 0 Å². The van der Waals surface area contributed by atoms with Crippen LogP contribution in [0.2, 0.25) is 0 Å². The molecule has 76 valence electrons. The molecule has 2 rings (SSSR count). The number of hydrogen-bond acceptors (Lipinski definition) is 1. The zero-order chi connectivity index (χ0) is 9.31. The minimum absolute atomic E-state index is 0.196. The minimum Gasteiger partial charge on any atom is -0.371 e. The lowest BCUT2D eigenvalue weighted by molar-refractivity contribution is -0.0751. The van der Waals surface area contributed by atoms with Gasteiger partial charge in [-0.1, -0.05) is 28.8 Å². The Morgan fingerprint density at radius 3 is 2.46 bits per heavy atom. The second kappa shape index (κ2) is 3.90. The third-order valence-corrected chi connectivity index (χ3v) is 4.50. The van der Waals surface area contributed by atoms with Crippen molar-refractivity contribution in [1.29, 1.82) is 0 Å². The standard InChI is InChI=1S/C11H19BrO/c1-9(10-4-5-10)13-11(8-12)6-2-3-7-11/h9-10H,2-8H2,1H3. The van der Waals surface area contributed by atoms with Crippen LogP contribution in [0.3, 0.4) is 0 Å². The summed E-state index contributed by atoms with van der Waals surface area (Å²) in [5, 5.41) is 1.02. The monoisotopic (exact) mass is 246 g/mol. The van der Waals surface area contributed by atoms with Gasteiger partial charge in [0, 0.05) is 5.33 Å². The molecule has 0 aromatic carbocycles. The van der Waals surface area contributed by atoms with Gasteiger partial charge in [0.15, 0.2) is 0 Å². The van der Waals surface area contributed by atoms with Gasteiger partial charge in [-0.05, 0) is 38.5 Å². The molecule has 0 heterocycles. The van der Waals surface area contributed by atoms with Crippen molar-refractivity contribution < 1.29 is 4.74 Å². The molecule has 0 N–H and O–H groups in total. The Hall–Kier alpha value is 0.440. The molecule has 0 spiro atoms. The fourth-order valence-electron chi connectivity index (χ4n) is 2.36. The van der Waals surface area contributed by atoms with Gasteiger partial charge in [0.05, 0.1) is 11.7 Å². The van der Waals surface area contributed by atoms with Crippen LogP contribution in [0.1, 0.15) is 45.4 Å². The first-order valence-electron chi connectivity index (χ1n) is 5.49. The van der Waals surface area contributed by atoms with E-state index in [4.69, 9.17) is 4.74 Å². The first-order valence-corrected chi connectivity index (χ1v) is 6.62. The Labute approximate surface area is 89.4 Å². The molecule has 0 aromatic heterocycles. The molecule has 1 atom stereocenters. The first kappa shape index (κ1) is 9.97. The van der Waals surface area contributed by atoms with E-state index in [2.05, 4.69) is 22.9 Å². The van der Waals surface area contributed by atoms with E-state index in [1.807, 2.05) is 0 Å². The molecule has 0 saturated heterocycles. The summed E-state index contributed by atoms with van der Waals surface area (Å²) in [4.78, 5) is 0. The van der Waals surface area contributed by atoms with Gasteiger partial charge in [-0.25, -0.2) is 0 Å². The van der Waals surface area contributed by atoms with Crippen molar-refractivity contribution in [2.24, 2.45) is 5.92 Å². The van der Waals surface area contributed by atoms with Crippen molar-refractivity contribution in [3.63, 3.8) is 0 Å². The van der Waals surface area contributed by atoms with Crippen molar-refractivity contribution in [3.05, 3.63) is 0 Å². The molecule has 2 saturated carbocycles. The molecule has 2 aliphatic carbocycles. The van der Waals surface area contributed by atoms with E-state index in [-0.39, 0.29) is 5.60 Å². The number of halogens is 1. The van der Waals surface area contributed by atoms with Gasteiger partial charge in [0.2, 0.25) is 0 Å². The van der Waals surface area contributed by atoms with Crippen molar-refractivity contribution in [1.82, 2.24) is 0 Å². The molecule has 0 amide bonds. The lowest BCUT2D eigenvalue weighted by Gasteiger charge is -2.31. The summed E-state index contributed by atoms with van der Waals surface area (Å²) in [7, 11) is 0. The van der Waals surface area contributed by atoms with E-state index in [1.165, 1.54) is 38.5 Å². The SMILES string of the molecule is CC(OC1(CBr)CCCC1)C1CC1. The van der Waals surface area contributed by atoms with Crippen LogP contribution in [-0.2, 0) is 4.74 Å². The highest BCUT2D eigenvalue weighted by Crippen LogP contribution is 2.41. The van der Waals surface area contributed by atoms with Gasteiger partial charge in [-0.15, -0.1) is 0 Å². The van der Waals surface area contributed by atoms with Crippen LogP contribution in [0.5, 0.6) is 0 Å². The fourth-order valence-corrected chi connectivity index (χ4v) is 3.05. The molecule has 1 unspecified atom stereocenters. The third-order valence-electron chi connectivity index (χ3n) is 3.48. The average molecular weight is 247 g/mol. The average Bonchev–Trinajstić information content (AvgIpc) is 2.89. The number of ether oxygens (including phenoxy) is 1. The van der Waals surface area contributed by atoms with Crippen molar-refractivity contribution in [2.45, 2.75) is 57.2 Å². The summed E-state index contributed by atoms with van der Waals surface area (Å²) in [5.41, 5.74) is 0.196. The first-order chi connectivity index (χ1) is 6.26. The van der Waals surface area contributed by atoms with Crippen LogP contribution in [0.25, 0.3) is 0 Å². The summed E-state index contributed by atoms with van der Waals surface area (Å²) in [6.07, 6.45) is 8.49. The van der Waals surface area contributed by atoms with Crippen LogP contribution in [-0.4, -0.2) is 17.0 Å². The third kappa shape index (κ3) is 2.27. The highest BCUT2D eigenvalue weighted by molar-refractivity contribution is 9.09. The number of hydrogen-bond donors (Lipinski definition) is 0. The highest BCUT2D eigenvalue weighted by Gasteiger charge is 2.39. The Kier molecular flexibility index (Phi) is 2.99. The summed E-state index contributed by atoms with van der Waals surface area (Å²) in [5.74, 6) is 0.872. The van der Waals surface area contributed by atoms with Gasteiger partial charge < -0.3 is 4.74 Å². The molecule has 0 aliphatic heterocycles. The molecule has 0 bridgehead atoms. The second-order valence-corrected chi connectivity index (χ2v) is 5.24.